The number of hydrazine groups is 1. The van der Waals surface area contributed by atoms with Gasteiger partial charge in [0.2, 0.25) is 5.91 Å². The van der Waals surface area contributed by atoms with Crippen molar-refractivity contribution >= 4 is 11.7 Å². The molecule has 1 rings (SSSR count). The molecular weight excluding hydrogens is 276 g/mol. The fourth-order valence-electron chi connectivity index (χ4n) is 3.09. The Kier molecular flexibility index (Phi) is 11.0. The number of rotatable bonds is 13. The molecule has 0 aromatic heterocycles. The van der Waals surface area contributed by atoms with Gasteiger partial charge in [-0.3, -0.25) is 15.0 Å². The van der Waals surface area contributed by atoms with Crippen LogP contribution in [0.4, 0.5) is 0 Å². The quantitative estimate of drug-likeness (QED) is 0.401. The standard InChI is InChI=1S/C18H34N2O2/c1-2-3-4-9-15-19-20-18(22)14-8-6-5-7-11-16-12-10-13-17(16)21/h16,19H,2-15H2,1H3,(H,20,22). The average molecular weight is 310 g/mol. The van der Waals surface area contributed by atoms with Gasteiger partial charge in [-0.2, -0.15) is 0 Å². The van der Waals surface area contributed by atoms with Gasteiger partial charge in [-0.1, -0.05) is 45.4 Å². The number of ketones is 1. The van der Waals surface area contributed by atoms with E-state index in [0.717, 1.165) is 64.3 Å². The molecule has 1 aliphatic rings. The first kappa shape index (κ1) is 19.1. The Balaban J connectivity index is 1.83. The predicted molar refractivity (Wildman–Crippen MR) is 90.3 cm³/mol. The third-order valence-electron chi connectivity index (χ3n) is 4.52. The van der Waals surface area contributed by atoms with Crippen LogP contribution in [-0.4, -0.2) is 18.2 Å². The van der Waals surface area contributed by atoms with E-state index in [4.69, 9.17) is 0 Å². The molecular formula is C18H34N2O2. The Morgan fingerprint density at radius 3 is 2.59 bits per heavy atom. The summed E-state index contributed by atoms with van der Waals surface area (Å²) in [5.41, 5.74) is 5.77. The van der Waals surface area contributed by atoms with Crippen molar-refractivity contribution < 1.29 is 9.59 Å². The van der Waals surface area contributed by atoms with Gasteiger partial charge in [0.1, 0.15) is 5.78 Å². The molecule has 0 heterocycles. The first-order chi connectivity index (χ1) is 10.7. The molecule has 4 nitrogen and oxygen atoms in total. The number of amides is 1. The smallest absolute Gasteiger partial charge is 0.234 e. The lowest BCUT2D eigenvalue weighted by Gasteiger charge is -2.08. The van der Waals surface area contributed by atoms with E-state index in [9.17, 15) is 9.59 Å². The van der Waals surface area contributed by atoms with Crippen LogP contribution in [-0.2, 0) is 9.59 Å². The summed E-state index contributed by atoms with van der Waals surface area (Å²) in [7, 11) is 0. The van der Waals surface area contributed by atoms with Crippen LogP contribution in [0.5, 0.6) is 0 Å². The van der Waals surface area contributed by atoms with Gasteiger partial charge < -0.3 is 0 Å². The number of Topliss-reactive ketones (excluding diaryl/α,β-unsaturated/α-hetero) is 1. The van der Waals surface area contributed by atoms with Crippen LogP contribution in [0.1, 0.15) is 90.4 Å². The zero-order valence-corrected chi connectivity index (χ0v) is 14.3. The second kappa shape index (κ2) is 12.6. The molecule has 1 fully saturated rings. The lowest BCUT2D eigenvalue weighted by atomic mass is 9.98. The summed E-state index contributed by atoms with van der Waals surface area (Å²) in [6.07, 6.45) is 13.8. The van der Waals surface area contributed by atoms with Gasteiger partial charge in [-0.05, 0) is 32.1 Å². The molecule has 1 aliphatic carbocycles. The highest BCUT2D eigenvalue weighted by Crippen LogP contribution is 2.26. The van der Waals surface area contributed by atoms with Gasteiger partial charge >= 0.3 is 0 Å². The van der Waals surface area contributed by atoms with E-state index in [1.54, 1.807) is 0 Å². The molecule has 128 valence electrons. The van der Waals surface area contributed by atoms with Crippen LogP contribution in [0.25, 0.3) is 0 Å². The van der Waals surface area contributed by atoms with Crippen molar-refractivity contribution in [2.75, 3.05) is 6.54 Å². The van der Waals surface area contributed by atoms with E-state index in [-0.39, 0.29) is 5.91 Å². The van der Waals surface area contributed by atoms with Crippen LogP contribution >= 0.6 is 0 Å². The fourth-order valence-corrected chi connectivity index (χ4v) is 3.09. The lowest BCUT2D eigenvalue weighted by molar-refractivity contribution is -0.122. The highest BCUT2D eigenvalue weighted by molar-refractivity contribution is 5.82. The maximum Gasteiger partial charge on any atom is 0.234 e. The zero-order chi connectivity index (χ0) is 16.0. The number of hydrogen-bond donors (Lipinski definition) is 2. The minimum atomic E-state index is 0.0986. The van der Waals surface area contributed by atoms with Crippen LogP contribution in [0.2, 0.25) is 0 Å². The summed E-state index contributed by atoms with van der Waals surface area (Å²) < 4.78 is 0. The van der Waals surface area contributed by atoms with E-state index in [1.807, 2.05) is 0 Å². The summed E-state index contributed by atoms with van der Waals surface area (Å²) in [5, 5.41) is 0. The minimum Gasteiger partial charge on any atom is -0.299 e. The molecule has 22 heavy (non-hydrogen) atoms. The van der Waals surface area contributed by atoms with E-state index in [2.05, 4.69) is 17.8 Å². The number of carbonyl (C=O) groups is 2. The molecule has 2 N–H and O–H groups in total. The van der Waals surface area contributed by atoms with Gasteiger partial charge in [0, 0.05) is 25.3 Å². The molecule has 1 amide bonds. The van der Waals surface area contributed by atoms with E-state index < -0.39 is 0 Å². The lowest BCUT2D eigenvalue weighted by Crippen LogP contribution is -2.37. The minimum absolute atomic E-state index is 0.0986. The molecule has 0 radical (unpaired) electrons. The summed E-state index contributed by atoms with van der Waals surface area (Å²) in [4.78, 5) is 23.1. The fraction of sp³-hybridized carbons (Fsp3) is 0.889. The Hall–Kier alpha value is -0.900. The second-order valence-electron chi connectivity index (χ2n) is 6.54. The maximum atomic E-state index is 11.6. The van der Waals surface area contributed by atoms with Crippen molar-refractivity contribution in [3.63, 3.8) is 0 Å². The Morgan fingerprint density at radius 1 is 1.09 bits per heavy atom. The number of hydrogen-bond acceptors (Lipinski definition) is 3. The Bertz CT molecular complexity index is 318. The molecule has 0 aromatic rings. The average Bonchev–Trinajstić information content (AvgIpc) is 2.91. The topological polar surface area (TPSA) is 58.2 Å². The number of unbranched alkanes of at least 4 members (excludes halogenated alkanes) is 6. The van der Waals surface area contributed by atoms with Crippen molar-refractivity contribution in [2.24, 2.45) is 5.92 Å². The van der Waals surface area contributed by atoms with Crippen molar-refractivity contribution in [1.29, 1.82) is 0 Å². The molecule has 1 saturated carbocycles. The Labute approximate surface area is 135 Å². The third kappa shape index (κ3) is 9.19. The summed E-state index contributed by atoms with van der Waals surface area (Å²) in [6, 6.07) is 0. The van der Waals surface area contributed by atoms with Gasteiger partial charge in [0.05, 0.1) is 0 Å². The van der Waals surface area contributed by atoms with Gasteiger partial charge in [0.25, 0.3) is 0 Å². The molecule has 1 atom stereocenters. The highest BCUT2D eigenvalue weighted by Gasteiger charge is 2.23. The van der Waals surface area contributed by atoms with Crippen molar-refractivity contribution in [3.05, 3.63) is 0 Å². The second-order valence-corrected chi connectivity index (χ2v) is 6.54. The van der Waals surface area contributed by atoms with Crippen LogP contribution in [0.15, 0.2) is 0 Å². The third-order valence-corrected chi connectivity index (χ3v) is 4.52. The van der Waals surface area contributed by atoms with Crippen molar-refractivity contribution in [2.45, 2.75) is 90.4 Å². The van der Waals surface area contributed by atoms with Crippen LogP contribution in [0, 0.1) is 5.92 Å². The van der Waals surface area contributed by atoms with Gasteiger partial charge in [0.15, 0.2) is 0 Å². The summed E-state index contributed by atoms with van der Waals surface area (Å²) >= 11 is 0. The van der Waals surface area contributed by atoms with E-state index in [1.165, 1.54) is 19.3 Å². The van der Waals surface area contributed by atoms with Crippen LogP contribution < -0.4 is 10.9 Å². The first-order valence-electron chi connectivity index (χ1n) is 9.28. The summed E-state index contributed by atoms with van der Waals surface area (Å²) in [5.74, 6) is 0.922. The predicted octanol–water partition coefficient (Wildman–Crippen LogP) is 3.90. The van der Waals surface area contributed by atoms with Crippen LogP contribution in [0.3, 0.4) is 0 Å². The van der Waals surface area contributed by atoms with Gasteiger partial charge in [-0.15, -0.1) is 0 Å². The monoisotopic (exact) mass is 310 g/mol. The normalized spacial score (nSPS) is 17.9. The van der Waals surface area contributed by atoms with Gasteiger partial charge in [-0.25, -0.2) is 5.43 Å². The molecule has 0 aromatic carbocycles. The molecule has 0 aliphatic heterocycles. The molecule has 0 spiro atoms. The molecule has 4 heteroatoms. The number of nitrogens with one attached hydrogen (secondary N) is 2. The van der Waals surface area contributed by atoms with E-state index in [0.29, 0.717) is 18.1 Å². The van der Waals surface area contributed by atoms with Crippen molar-refractivity contribution in [1.82, 2.24) is 10.9 Å². The molecule has 0 saturated heterocycles. The molecule has 0 bridgehead atoms. The van der Waals surface area contributed by atoms with Crippen molar-refractivity contribution in [3.8, 4) is 0 Å². The summed E-state index contributed by atoms with van der Waals surface area (Å²) in [6.45, 7) is 3.06. The largest absolute Gasteiger partial charge is 0.299 e. The number of carbonyl (C=O) groups excluding carboxylic acids is 2. The van der Waals surface area contributed by atoms with E-state index >= 15 is 0 Å². The molecule has 1 unspecified atom stereocenters. The maximum absolute atomic E-state index is 11.6. The zero-order valence-electron chi connectivity index (χ0n) is 14.3. The highest BCUT2D eigenvalue weighted by atomic mass is 16.2. The first-order valence-corrected chi connectivity index (χ1v) is 9.28. The SMILES string of the molecule is CCCCCCNNC(=O)CCCCCCC1CCCC1=O. The Morgan fingerprint density at radius 2 is 1.86 bits per heavy atom.